The van der Waals surface area contributed by atoms with Crippen LogP contribution < -0.4 is 5.32 Å². The van der Waals surface area contributed by atoms with Gasteiger partial charge in [-0.05, 0) is 25.5 Å². The van der Waals surface area contributed by atoms with Crippen LogP contribution in [0.2, 0.25) is 0 Å². The summed E-state index contributed by atoms with van der Waals surface area (Å²) in [5, 5.41) is 3.15. The fourth-order valence-electron chi connectivity index (χ4n) is 1.58. The first-order valence-electron chi connectivity index (χ1n) is 5.33. The number of hydrogen-bond donors (Lipinski definition) is 1. The Bertz CT molecular complexity index is 289. The summed E-state index contributed by atoms with van der Waals surface area (Å²) in [6, 6.07) is 6.70. The standard InChI is InChI=1S/C12H17F2N/c1-2-12(15-9-5-8-13)10-6-3-4-7-11(10)14/h3-4,6-7,12,15H,2,5,8-9H2,1H3. The van der Waals surface area contributed by atoms with Crippen LogP contribution in [-0.2, 0) is 0 Å². The van der Waals surface area contributed by atoms with Crippen LogP contribution in [0.1, 0.15) is 31.4 Å². The minimum Gasteiger partial charge on any atom is -0.310 e. The SMILES string of the molecule is CCC(NCCCF)c1ccccc1F. The summed E-state index contributed by atoms with van der Waals surface area (Å²) in [6.07, 6.45) is 1.28. The predicted octanol–water partition coefficient (Wildman–Crippen LogP) is 3.23. The number of rotatable bonds is 6. The zero-order valence-corrected chi connectivity index (χ0v) is 8.97. The summed E-state index contributed by atoms with van der Waals surface area (Å²) >= 11 is 0. The van der Waals surface area contributed by atoms with Crippen LogP contribution in [0.3, 0.4) is 0 Å². The first kappa shape index (κ1) is 12.1. The lowest BCUT2D eigenvalue weighted by Gasteiger charge is -2.17. The molecular formula is C12H17F2N. The van der Waals surface area contributed by atoms with E-state index < -0.39 is 0 Å². The van der Waals surface area contributed by atoms with Gasteiger partial charge in [0, 0.05) is 11.6 Å². The average molecular weight is 213 g/mol. The molecule has 3 heteroatoms. The zero-order valence-electron chi connectivity index (χ0n) is 8.97. The highest BCUT2D eigenvalue weighted by molar-refractivity contribution is 5.20. The van der Waals surface area contributed by atoms with Crippen molar-refractivity contribution in [3.63, 3.8) is 0 Å². The Morgan fingerprint density at radius 2 is 2.07 bits per heavy atom. The van der Waals surface area contributed by atoms with Crippen LogP contribution in [0.25, 0.3) is 0 Å². The molecule has 1 unspecified atom stereocenters. The molecular weight excluding hydrogens is 196 g/mol. The van der Waals surface area contributed by atoms with E-state index in [1.54, 1.807) is 12.1 Å². The molecule has 0 saturated heterocycles. The van der Waals surface area contributed by atoms with Crippen molar-refractivity contribution in [3.8, 4) is 0 Å². The van der Waals surface area contributed by atoms with Crippen LogP contribution in [-0.4, -0.2) is 13.2 Å². The Balaban J connectivity index is 2.61. The van der Waals surface area contributed by atoms with Crippen LogP contribution >= 0.6 is 0 Å². The molecule has 1 aromatic carbocycles. The second-order valence-corrected chi connectivity index (χ2v) is 3.48. The Hall–Kier alpha value is -0.960. The van der Waals surface area contributed by atoms with Gasteiger partial charge in [0.05, 0.1) is 6.67 Å². The van der Waals surface area contributed by atoms with E-state index in [0.717, 1.165) is 6.42 Å². The second-order valence-electron chi connectivity index (χ2n) is 3.48. The molecule has 1 nitrogen and oxygen atoms in total. The molecule has 0 heterocycles. The summed E-state index contributed by atoms with van der Waals surface area (Å²) in [7, 11) is 0. The molecule has 1 atom stereocenters. The third-order valence-electron chi connectivity index (χ3n) is 2.39. The van der Waals surface area contributed by atoms with Crippen LogP contribution in [0, 0.1) is 5.82 Å². The number of hydrogen-bond acceptors (Lipinski definition) is 1. The van der Waals surface area contributed by atoms with Gasteiger partial charge in [0.1, 0.15) is 5.82 Å². The van der Waals surface area contributed by atoms with Crippen LogP contribution in [0.15, 0.2) is 24.3 Å². The Morgan fingerprint density at radius 1 is 1.33 bits per heavy atom. The molecule has 0 aliphatic rings. The number of benzene rings is 1. The summed E-state index contributed by atoms with van der Waals surface area (Å²) in [6.45, 7) is 2.24. The maximum absolute atomic E-state index is 13.4. The van der Waals surface area contributed by atoms with Gasteiger partial charge in [0.15, 0.2) is 0 Å². The predicted molar refractivity (Wildman–Crippen MR) is 58.0 cm³/mol. The van der Waals surface area contributed by atoms with Crippen LogP contribution in [0.5, 0.6) is 0 Å². The highest BCUT2D eigenvalue weighted by Crippen LogP contribution is 2.19. The van der Waals surface area contributed by atoms with E-state index in [1.807, 2.05) is 13.0 Å². The van der Waals surface area contributed by atoms with Crippen molar-refractivity contribution < 1.29 is 8.78 Å². The molecule has 0 amide bonds. The van der Waals surface area contributed by atoms with E-state index >= 15 is 0 Å². The lowest BCUT2D eigenvalue weighted by molar-refractivity contribution is 0.428. The molecule has 0 saturated carbocycles. The van der Waals surface area contributed by atoms with Gasteiger partial charge in [-0.25, -0.2) is 4.39 Å². The quantitative estimate of drug-likeness (QED) is 0.715. The minimum absolute atomic E-state index is 0.0160. The maximum atomic E-state index is 13.4. The molecule has 15 heavy (non-hydrogen) atoms. The van der Waals surface area contributed by atoms with E-state index in [-0.39, 0.29) is 18.5 Å². The molecule has 1 N–H and O–H groups in total. The largest absolute Gasteiger partial charge is 0.310 e. The third-order valence-corrected chi connectivity index (χ3v) is 2.39. The Kier molecular flexibility index (Phi) is 5.26. The molecule has 0 aliphatic carbocycles. The maximum Gasteiger partial charge on any atom is 0.127 e. The fourth-order valence-corrected chi connectivity index (χ4v) is 1.58. The van der Waals surface area contributed by atoms with Crippen molar-refractivity contribution in [2.75, 3.05) is 13.2 Å². The zero-order chi connectivity index (χ0) is 11.1. The van der Waals surface area contributed by atoms with E-state index in [0.29, 0.717) is 18.5 Å². The summed E-state index contributed by atoms with van der Waals surface area (Å²) in [4.78, 5) is 0. The van der Waals surface area contributed by atoms with Crippen LogP contribution in [0.4, 0.5) is 8.78 Å². The smallest absolute Gasteiger partial charge is 0.127 e. The normalized spacial score (nSPS) is 12.7. The molecule has 0 spiro atoms. The number of halogens is 2. The van der Waals surface area contributed by atoms with Gasteiger partial charge in [-0.15, -0.1) is 0 Å². The lowest BCUT2D eigenvalue weighted by atomic mass is 10.0. The van der Waals surface area contributed by atoms with Gasteiger partial charge < -0.3 is 5.32 Å². The molecule has 0 bridgehead atoms. The Labute approximate surface area is 89.5 Å². The molecule has 1 aromatic rings. The van der Waals surface area contributed by atoms with Gasteiger partial charge in [-0.3, -0.25) is 4.39 Å². The fraction of sp³-hybridized carbons (Fsp3) is 0.500. The molecule has 84 valence electrons. The van der Waals surface area contributed by atoms with Crippen molar-refractivity contribution in [2.24, 2.45) is 0 Å². The summed E-state index contributed by atoms with van der Waals surface area (Å²) in [5.74, 6) is -0.197. The van der Waals surface area contributed by atoms with Gasteiger partial charge in [-0.2, -0.15) is 0 Å². The van der Waals surface area contributed by atoms with Crippen molar-refractivity contribution in [1.29, 1.82) is 0 Å². The molecule has 0 aliphatic heterocycles. The van der Waals surface area contributed by atoms with Crippen molar-refractivity contribution >= 4 is 0 Å². The molecule has 0 aromatic heterocycles. The van der Waals surface area contributed by atoms with E-state index in [9.17, 15) is 8.78 Å². The topological polar surface area (TPSA) is 12.0 Å². The molecule has 0 fully saturated rings. The minimum atomic E-state index is -0.333. The first-order chi connectivity index (χ1) is 7.29. The first-order valence-corrected chi connectivity index (χ1v) is 5.33. The van der Waals surface area contributed by atoms with Gasteiger partial charge >= 0.3 is 0 Å². The third kappa shape index (κ3) is 3.59. The van der Waals surface area contributed by atoms with Gasteiger partial charge in [0.25, 0.3) is 0 Å². The molecule has 1 rings (SSSR count). The molecule has 0 radical (unpaired) electrons. The van der Waals surface area contributed by atoms with E-state index in [4.69, 9.17) is 0 Å². The highest BCUT2D eigenvalue weighted by atomic mass is 19.1. The van der Waals surface area contributed by atoms with Gasteiger partial charge in [-0.1, -0.05) is 25.1 Å². The average Bonchev–Trinajstić information content (AvgIpc) is 2.26. The summed E-state index contributed by atoms with van der Waals surface area (Å²) < 4.78 is 25.3. The Morgan fingerprint density at radius 3 is 2.67 bits per heavy atom. The van der Waals surface area contributed by atoms with Crippen molar-refractivity contribution in [2.45, 2.75) is 25.8 Å². The van der Waals surface area contributed by atoms with E-state index in [2.05, 4.69) is 5.32 Å². The van der Waals surface area contributed by atoms with Crippen molar-refractivity contribution in [1.82, 2.24) is 5.32 Å². The monoisotopic (exact) mass is 213 g/mol. The highest BCUT2D eigenvalue weighted by Gasteiger charge is 2.11. The second kappa shape index (κ2) is 6.51. The van der Waals surface area contributed by atoms with Gasteiger partial charge in [0.2, 0.25) is 0 Å². The number of alkyl halides is 1. The number of nitrogens with one attached hydrogen (secondary N) is 1. The summed E-state index contributed by atoms with van der Waals surface area (Å²) in [5.41, 5.74) is 0.666. The van der Waals surface area contributed by atoms with E-state index in [1.165, 1.54) is 6.07 Å². The lowest BCUT2D eigenvalue weighted by Crippen LogP contribution is -2.23. The van der Waals surface area contributed by atoms with Crippen molar-refractivity contribution in [3.05, 3.63) is 35.6 Å².